The lowest BCUT2D eigenvalue weighted by Crippen LogP contribution is -2.39. The number of hydrogen-bond donors (Lipinski definition) is 0. The Morgan fingerprint density at radius 3 is 0.639 bits per heavy atom. The molecule has 12 nitrogen and oxygen atoms in total. The van der Waals surface area contributed by atoms with Crippen molar-refractivity contribution in [2.75, 3.05) is 52.4 Å². The van der Waals surface area contributed by atoms with Crippen molar-refractivity contribution >= 4 is 40.1 Å². The lowest BCUT2D eigenvalue weighted by molar-refractivity contribution is 0.327. The van der Waals surface area contributed by atoms with Crippen molar-refractivity contribution in [2.24, 2.45) is 11.8 Å². The van der Waals surface area contributed by atoms with Crippen LogP contribution in [0.3, 0.4) is 0 Å². The molecule has 0 aliphatic carbocycles. The van der Waals surface area contributed by atoms with Gasteiger partial charge in [0, 0.05) is 52.4 Å². The summed E-state index contributed by atoms with van der Waals surface area (Å²) in [6.45, 7) is 31.3. The summed E-state index contributed by atoms with van der Waals surface area (Å²) in [5.74, 6) is 0.470. The van der Waals surface area contributed by atoms with Crippen LogP contribution in [0.5, 0.6) is 0 Å². The molecule has 4 rings (SSSR count). The van der Waals surface area contributed by atoms with E-state index in [1.165, 1.54) is 17.2 Å². The first-order valence-corrected chi connectivity index (χ1v) is 31.4. The van der Waals surface area contributed by atoms with Crippen molar-refractivity contribution in [3.63, 3.8) is 0 Å². The fourth-order valence-corrected chi connectivity index (χ4v) is 18.1. The van der Waals surface area contributed by atoms with E-state index < -0.39 is 40.1 Å². The van der Waals surface area contributed by atoms with Gasteiger partial charge >= 0.3 is 0 Å². The van der Waals surface area contributed by atoms with Crippen LogP contribution in [0.2, 0.25) is 0 Å². The average molecular weight is 1070 g/mol. The van der Waals surface area contributed by atoms with Crippen molar-refractivity contribution in [2.45, 2.75) is 169 Å². The van der Waals surface area contributed by atoms with Gasteiger partial charge in [-0.1, -0.05) is 98.5 Å². The summed E-state index contributed by atoms with van der Waals surface area (Å²) in [5, 5.41) is 0. The van der Waals surface area contributed by atoms with Gasteiger partial charge in [-0.3, -0.25) is 0 Å². The fourth-order valence-electron chi connectivity index (χ4n) is 10.4. The Morgan fingerprint density at radius 2 is 0.458 bits per heavy atom. The van der Waals surface area contributed by atoms with E-state index in [0.717, 1.165) is 22.3 Å². The number of unbranched alkanes of at least 4 members (excludes halogenated alkanes) is 1. The topological polar surface area (TPSA) is 150 Å². The minimum Gasteiger partial charge on any atom is -0.207 e. The molecule has 0 N–H and O–H groups in total. The highest BCUT2D eigenvalue weighted by Gasteiger charge is 2.33. The number of sulfonamides is 4. The maximum atomic E-state index is 14.9. The van der Waals surface area contributed by atoms with Crippen molar-refractivity contribution in [1.82, 2.24) is 17.2 Å². The number of hydrogen-bond acceptors (Lipinski definition) is 8. The van der Waals surface area contributed by atoms with E-state index in [9.17, 15) is 33.7 Å². The molecule has 72 heavy (non-hydrogen) atoms. The number of benzene rings is 4. The lowest BCUT2D eigenvalue weighted by atomic mass is 10.1. The SMILES string of the molecule is Cc1cc(C)c(S(=O)(=O)N(CCCCN(CCCN(CCC(C)C)S(=O)(=O)c2c(C)cc(C)cc2C)S(=O)(=O)c2c(C)cc(C)cc2C)CCCN(CCC(C)C)S(=O)(=O)c2c(C)cc(C)cc2C)c(C)c1. The minimum atomic E-state index is -4.11. The first kappa shape index (κ1) is 61.1. The summed E-state index contributed by atoms with van der Waals surface area (Å²) in [5.41, 5.74) is 8.94. The molecule has 4 aromatic carbocycles. The summed E-state index contributed by atoms with van der Waals surface area (Å²) in [6, 6.07) is 14.9. The highest BCUT2D eigenvalue weighted by Crippen LogP contribution is 2.31. The zero-order valence-electron chi connectivity index (χ0n) is 46.4. The molecule has 0 saturated heterocycles. The first-order valence-electron chi connectivity index (χ1n) is 25.7. The molecule has 0 radical (unpaired) electrons. The molecule has 0 atom stereocenters. The van der Waals surface area contributed by atoms with Gasteiger partial charge in [0.05, 0.1) is 19.6 Å². The standard InChI is InChI=1S/C56H86N4O8S4/c1-39(2)21-29-59(71(65,66)55-49(13)35-43(7)36-50(55)14)27-19-25-57(69(61,62)53-45(9)31-41(5)32-46(53)10)23-17-18-24-58(70(63,64)54-47(11)33-42(6)34-48(54)12)26-20-28-60(30-22-40(3)4)72(67,68)56-51(15)37-44(8)38-52(56)16/h31-40H,17-30H2,1-16H3. The van der Waals surface area contributed by atoms with Crippen LogP contribution in [-0.2, 0) is 40.1 Å². The van der Waals surface area contributed by atoms with Crippen LogP contribution < -0.4 is 0 Å². The van der Waals surface area contributed by atoms with Gasteiger partial charge < -0.3 is 0 Å². The Hall–Kier alpha value is -3.48. The lowest BCUT2D eigenvalue weighted by Gasteiger charge is -2.29. The van der Waals surface area contributed by atoms with E-state index in [2.05, 4.69) is 0 Å². The van der Waals surface area contributed by atoms with Gasteiger partial charge in [-0.2, -0.15) is 17.2 Å². The van der Waals surface area contributed by atoms with E-state index in [1.54, 1.807) is 27.7 Å². The predicted molar refractivity (Wildman–Crippen MR) is 295 cm³/mol. The molecule has 0 fully saturated rings. The quantitative estimate of drug-likeness (QED) is 0.0536. The second-order valence-electron chi connectivity index (χ2n) is 21.3. The maximum Gasteiger partial charge on any atom is 0.243 e. The van der Waals surface area contributed by atoms with Crippen LogP contribution in [0.15, 0.2) is 68.1 Å². The van der Waals surface area contributed by atoms with Crippen molar-refractivity contribution < 1.29 is 33.7 Å². The molecule has 0 aromatic heterocycles. The van der Waals surface area contributed by atoms with E-state index in [4.69, 9.17) is 0 Å². The Morgan fingerprint density at radius 1 is 0.292 bits per heavy atom. The van der Waals surface area contributed by atoms with Crippen LogP contribution in [-0.4, -0.2) is 103 Å². The summed E-state index contributed by atoms with van der Waals surface area (Å²) in [7, 11) is -16.1. The molecule has 0 amide bonds. The van der Waals surface area contributed by atoms with Gasteiger partial charge in [-0.15, -0.1) is 0 Å². The summed E-state index contributed by atoms with van der Waals surface area (Å²) >= 11 is 0. The molecular formula is C56H86N4O8S4. The minimum absolute atomic E-state index is 0.0407. The second-order valence-corrected chi connectivity index (χ2v) is 28.8. The van der Waals surface area contributed by atoms with Gasteiger partial charge in [0.1, 0.15) is 0 Å². The third kappa shape index (κ3) is 15.1. The molecule has 0 unspecified atom stereocenters. The second kappa shape index (κ2) is 25.4. The van der Waals surface area contributed by atoms with E-state index >= 15 is 0 Å². The molecule has 0 bridgehead atoms. The molecule has 16 heteroatoms. The zero-order chi connectivity index (χ0) is 54.3. The van der Waals surface area contributed by atoms with Gasteiger partial charge in [-0.25, -0.2) is 33.7 Å². The van der Waals surface area contributed by atoms with Crippen LogP contribution in [0.4, 0.5) is 0 Å². The molecule has 4 aromatic rings. The molecule has 0 aliphatic heterocycles. The number of nitrogens with zero attached hydrogens (tertiary/aromatic N) is 4. The average Bonchev–Trinajstić information content (AvgIpc) is 3.20. The maximum absolute atomic E-state index is 14.9. The Kier molecular flexibility index (Phi) is 21.5. The van der Waals surface area contributed by atoms with Crippen molar-refractivity contribution in [3.05, 3.63) is 115 Å². The Bertz CT molecular complexity index is 2710. The largest absolute Gasteiger partial charge is 0.243 e. The van der Waals surface area contributed by atoms with Crippen LogP contribution in [0, 0.1) is 94.9 Å². The van der Waals surface area contributed by atoms with Crippen molar-refractivity contribution in [1.29, 1.82) is 0 Å². The third-order valence-corrected chi connectivity index (χ3v) is 22.2. The predicted octanol–water partition coefficient (Wildman–Crippen LogP) is 11.1. The monoisotopic (exact) mass is 1070 g/mol. The number of aryl methyl sites for hydroxylation is 12. The molecule has 0 saturated carbocycles. The Balaban J connectivity index is 1.68. The van der Waals surface area contributed by atoms with Crippen molar-refractivity contribution in [3.8, 4) is 0 Å². The van der Waals surface area contributed by atoms with Gasteiger partial charge in [0.25, 0.3) is 0 Å². The molecule has 0 aliphatic rings. The highest BCUT2D eigenvalue weighted by atomic mass is 32.2. The summed E-state index contributed by atoms with van der Waals surface area (Å²) in [6.07, 6.45) is 2.33. The van der Waals surface area contributed by atoms with E-state index in [1.807, 2.05) is 132 Å². The molecule has 0 heterocycles. The van der Waals surface area contributed by atoms with Crippen LogP contribution >= 0.6 is 0 Å². The molecule has 402 valence electrons. The third-order valence-electron chi connectivity index (χ3n) is 13.4. The van der Waals surface area contributed by atoms with E-state index in [-0.39, 0.29) is 96.6 Å². The summed E-state index contributed by atoms with van der Waals surface area (Å²) in [4.78, 5) is 0.991. The normalized spacial score (nSPS) is 13.0. The first-order chi connectivity index (χ1) is 33.3. The molecule has 0 spiro atoms. The fraction of sp³-hybridized carbons (Fsp3) is 0.571. The van der Waals surface area contributed by atoms with Crippen LogP contribution in [0.25, 0.3) is 0 Å². The van der Waals surface area contributed by atoms with Gasteiger partial charge in [0.2, 0.25) is 40.1 Å². The van der Waals surface area contributed by atoms with Crippen LogP contribution in [0.1, 0.15) is 133 Å². The smallest absolute Gasteiger partial charge is 0.207 e. The number of rotatable bonds is 27. The van der Waals surface area contributed by atoms with Gasteiger partial charge in [0.15, 0.2) is 0 Å². The highest BCUT2D eigenvalue weighted by molar-refractivity contribution is 7.90. The van der Waals surface area contributed by atoms with E-state index in [0.29, 0.717) is 70.2 Å². The zero-order valence-corrected chi connectivity index (χ0v) is 49.6. The van der Waals surface area contributed by atoms with Gasteiger partial charge in [-0.05, 0) is 178 Å². The molecular weight excluding hydrogens is 985 g/mol. The summed E-state index contributed by atoms with van der Waals surface area (Å²) < 4.78 is 123. The Labute approximate surface area is 436 Å².